The van der Waals surface area contributed by atoms with Gasteiger partial charge in [-0.15, -0.1) is 0 Å². The quantitative estimate of drug-likeness (QED) is 0.656. The van der Waals surface area contributed by atoms with E-state index >= 15 is 0 Å². The van der Waals surface area contributed by atoms with Crippen LogP contribution in [0, 0.1) is 0 Å². The number of carbonyl (C=O) groups is 1. The Bertz CT molecular complexity index is 583. The van der Waals surface area contributed by atoms with Crippen molar-refractivity contribution in [2.24, 2.45) is 0 Å². The summed E-state index contributed by atoms with van der Waals surface area (Å²) in [7, 11) is 2.97. The Labute approximate surface area is 119 Å². The van der Waals surface area contributed by atoms with Gasteiger partial charge in [0, 0.05) is 12.1 Å². The number of ether oxygens (including phenoxy) is 2. The van der Waals surface area contributed by atoms with Crippen LogP contribution in [0.5, 0.6) is 17.2 Å². The monoisotopic (exact) mass is 297 g/mol. The number of amides is 1. The van der Waals surface area contributed by atoms with Crippen LogP contribution in [0.3, 0.4) is 0 Å². The van der Waals surface area contributed by atoms with Crippen LogP contribution >= 0.6 is 24.0 Å². The zero-order valence-electron chi connectivity index (χ0n) is 10.2. The second kappa shape index (κ2) is 5.50. The molecule has 19 heavy (non-hydrogen) atoms. The van der Waals surface area contributed by atoms with Crippen LogP contribution in [-0.4, -0.2) is 29.6 Å². The Morgan fingerprint density at radius 2 is 2.11 bits per heavy atom. The van der Waals surface area contributed by atoms with Gasteiger partial charge in [-0.3, -0.25) is 4.79 Å². The summed E-state index contributed by atoms with van der Waals surface area (Å²) in [5.74, 6) is 0.563. The van der Waals surface area contributed by atoms with Crippen molar-refractivity contribution in [3.63, 3.8) is 0 Å². The molecule has 0 bridgehead atoms. The Morgan fingerprint density at radius 3 is 2.63 bits per heavy atom. The number of nitrogens with one attached hydrogen (secondary N) is 1. The van der Waals surface area contributed by atoms with Crippen molar-refractivity contribution < 1.29 is 19.4 Å². The molecule has 0 saturated carbocycles. The van der Waals surface area contributed by atoms with Crippen molar-refractivity contribution in [2.75, 3.05) is 14.2 Å². The Morgan fingerprint density at radius 1 is 1.37 bits per heavy atom. The number of carbonyl (C=O) groups excluding carboxylic acids is 1. The molecular weight excluding hydrogens is 286 g/mol. The zero-order valence-corrected chi connectivity index (χ0v) is 11.9. The van der Waals surface area contributed by atoms with Gasteiger partial charge in [0.15, 0.2) is 0 Å². The summed E-state index contributed by atoms with van der Waals surface area (Å²) in [5.41, 5.74) is 0.408. The molecule has 1 aromatic carbocycles. The second-order valence-electron chi connectivity index (χ2n) is 3.61. The van der Waals surface area contributed by atoms with Crippen LogP contribution < -0.4 is 14.8 Å². The second-order valence-corrected chi connectivity index (χ2v) is 5.33. The molecule has 0 aromatic heterocycles. The number of phenolic OH excluding ortho intramolecular Hbond substituents is 1. The molecule has 0 unspecified atom stereocenters. The van der Waals surface area contributed by atoms with E-state index < -0.39 is 0 Å². The summed E-state index contributed by atoms with van der Waals surface area (Å²) in [6.07, 6.45) is 1.53. The molecule has 1 fully saturated rings. The third-order valence-corrected chi connectivity index (χ3v) is 3.63. The minimum absolute atomic E-state index is 0.0325. The van der Waals surface area contributed by atoms with Gasteiger partial charge in [-0.1, -0.05) is 24.0 Å². The van der Waals surface area contributed by atoms with Crippen LogP contribution in [0.25, 0.3) is 6.08 Å². The van der Waals surface area contributed by atoms with Crippen LogP contribution in [-0.2, 0) is 4.79 Å². The average molecular weight is 297 g/mol. The topological polar surface area (TPSA) is 67.8 Å². The van der Waals surface area contributed by atoms with Gasteiger partial charge in [0.25, 0.3) is 5.91 Å². The van der Waals surface area contributed by atoms with E-state index in [1.54, 1.807) is 6.07 Å². The fourth-order valence-electron chi connectivity index (χ4n) is 1.57. The van der Waals surface area contributed by atoms with Gasteiger partial charge in [-0.05, 0) is 6.08 Å². The van der Waals surface area contributed by atoms with E-state index in [1.807, 2.05) is 0 Å². The van der Waals surface area contributed by atoms with Crippen LogP contribution in [0.4, 0.5) is 0 Å². The van der Waals surface area contributed by atoms with Crippen molar-refractivity contribution in [1.29, 1.82) is 0 Å². The van der Waals surface area contributed by atoms with Crippen LogP contribution in [0.1, 0.15) is 5.56 Å². The predicted molar refractivity (Wildman–Crippen MR) is 77.5 cm³/mol. The number of phenols is 1. The zero-order chi connectivity index (χ0) is 14.0. The fourth-order valence-corrected chi connectivity index (χ4v) is 2.60. The highest BCUT2D eigenvalue weighted by molar-refractivity contribution is 8.26. The summed E-state index contributed by atoms with van der Waals surface area (Å²) < 4.78 is 10.6. The number of rotatable bonds is 3. The van der Waals surface area contributed by atoms with E-state index in [2.05, 4.69) is 5.32 Å². The maximum atomic E-state index is 11.6. The first-order valence-corrected chi connectivity index (χ1v) is 6.47. The Balaban J connectivity index is 2.48. The van der Waals surface area contributed by atoms with Gasteiger partial charge in [0.1, 0.15) is 21.6 Å². The lowest BCUT2D eigenvalue weighted by Crippen LogP contribution is -2.17. The van der Waals surface area contributed by atoms with Crippen LogP contribution in [0.15, 0.2) is 17.0 Å². The molecule has 1 saturated heterocycles. The van der Waals surface area contributed by atoms with E-state index in [1.165, 1.54) is 26.4 Å². The van der Waals surface area contributed by atoms with Crippen molar-refractivity contribution in [3.8, 4) is 17.2 Å². The number of aromatic hydroxyl groups is 1. The minimum Gasteiger partial charge on any atom is -0.507 e. The molecule has 100 valence electrons. The molecular formula is C12H11NO4S2. The molecule has 1 aliphatic rings. The fraction of sp³-hybridized carbons (Fsp3) is 0.167. The maximum Gasteiger partial charge on any atom is 0.263 e. The molecule has 1 aromatic rings. The van der Waals surface area contributed by atoms with Crippen molar-refractivity contribution in [2.45, 2.75) is 0 Å². The first-order chi connectivity index (χ1) is 9.05. The molecule has 7 heteroatoms. The number of thioether (sulfide) groups is 1. The molecule has 0 aliphatic carbocycles. The Hall–Kier alpha value is -1.73. The summed E-state index contributed by atoms with van der Waals surface area (Å²) in [4.78, 5) is 12.0. The number of benzene rings is 1. The summed E-state index contributed by atoms with van der Waals surface area (Å²) in [6.45, 7) is 0. The lowest BCUT2D eigenvalue weighted by atomic mass is 10.1. The van der Waals surface area contributed by atoms with E-state index in [4.69, 9.17) is 21.7 Å². The number of hydrogen-bond donors (Lipinski definition) is 2. The largest absolute Gasteiger partial charge is 0.507 e. The normalized spacial score (nSPS) is 16.6. The van der Waals surface area contributed by atoms with Gasteiger partial charge in [-0.2, -0.15) is 0 Å². The van der Waals surface area contributed by atoms with Crippen LogP contribution in [0.2, 0.25) is 0 Å². The van der Waals surface area contributed by atoms with Gasteiger partial charge < -0.3 is 19.9 Å². The molecule has 2 rings (SSSR count). The first kappa shape index (κ1) is 13.7. The standard InChI is InChI=1S/C12H11NO4S2/c1-16-6-3-8(14)7(9(4-6)17-2)5-10-11(15)13-12(18)19-10/h3-5,14H,1-2H3,(H,13,15,18)/b10-5-. The third kappa shape index (κ3) is 2.82. The van der Waals surface area contributed by atoms with Gasteiger partial charge in [0.2, 0.25) is 0 Å². The number of hydrogen-bond acceptors (Lipinski definition) is 6. The molecule has 5 nitrogen and oxygen atoms in total. The summed E-state index contributed by atoms with van der Waals surface area (Å²) in [6, 6.07) is 3.08. The third-order valence-electron chi connectivity index (χ3n) is 2.47. The highest BCUT2D eigenvalue weighted by Crippen LogP contribution is 2.37. The van der Waals surface area contributed by atoms with E-state index in [0.29, 0.717) is 26.3 Å². The highest BCUT2D eigenvalue weighted by Gasteiger charge is 2.23. The lowest BCUT2D eigenvalue weighted by molar-refractivity contribution is -0.115. The van der Waals surface area contributed by atoms with Gasteiger partial charge >= 0.3 is 0 Å². The smallest absolute Gasteiger partial charge is 0.263 e. The molecule has 0 atom stereocenters. The van der Waals surface area contributed by atoms with Crippen molar-refractivity contribution >= 4 is 40.3 Å². The summed E-state index contributed by atoms with van der Waals surface area (Å²) >= 11 is 6.04. The minimum atomic E-state index is -0.285. The average Bonchev–Trinajstić information content (AvgIpc) is 2.69. The van der Waals surface area contributed by atoms with E-state index in [0.717, 1.165) is 11.8 Å². The molecule has 2 N–H and O–H groups in total. The molecule has 1 aliphatic heterocycles. The molecule has 1 heterocycles. The molecule has 0 spiro atoms. The SMILES string of the molecule is COc1cc(O)c(/C=C2\SC(=S)NC2=O)c(OC)c1. The van der Waals surface area contributed by atoms with Crippen molar-refractivity contribution in [1.82, 2.24) is 5.32 Å². The maximum absolute atomic E-state index is 11.6. The van der Waals surface area contributed by atoms with Gasteiger partial charge in [0.05, 0.1) is 24.7 Å². The number of methoxy groups -OCH3 is 2. The van der Waals surface area contributed by atoms with Gasteiger partial charge in [-0.25, -0.2) is 0 Å². The lowest BCUT2D eigenvalue weighted by Gasteiger charge is -2.10. The first-order valence-electron chi connectivity index (χ1n) is 5.25. The summed E-state index contributed by atoms with van der Waals surface area (Å²) in [5, 5.41) is 12.5. The number of thiocarbonyl (C=S) groups is 1. The molecule has 0 radical (unpaired) electrons. The van der Waals surface area contributed by atoms with E-state index in [-0.39, 0.29) is 11.7 Å². The Kier molecular flexibility index (Phi) is 3.96. The molecule has 1 amide bonds. The predicted octanol–water partition coefficient (Wildman–Crippen LogP) is 1.90. The van der Waals surface area contributed by atoms with Crippen molar-refractivity contribution in [3.05, 3.63) is 22.6 Å². The van der Waals surface area contributed by atoms with E-state index in [9.17, 15) is 9.90 Å². The highest BCUT2D eigenvalue weighted by atomic mass is 32.2.